The molecule has 0 spiro atoms. The van der Waals surface area contributed by atoms with Crippen LogP contribution < -0.4 is 11.1 Å². The number of rotatable bonds is 8. The van der Waals surface area contributed by atoms with Crippen molar-refractivity contribution in [3.8, 4) is 0 Å². The Morgan fingerprint density at radius 2 is 2.11 bits per heavy atom. The van der Waals surface area contributed by atoms with Gasteiger partial charge in [0.2, 0.25) is 5.91 Å². The quantitative estimate of drug-likeness (QED) is 0.382. The molecule has 2 amide bonds. The van der Waals surface area contributed by atoms with E-state index in [2.05, 4.69) is 10.4 Å². The number of aryl methyl sites for hydroxylation is 1. The molecule has 2 aromatic rings. The molecular weight excluding hydrogens is 390 g/mol. The number of nitrogens with two attached hydrogens (primary N) is 1. The second-order valence-corrected chi connectivity index (χ2v) is 7.12. The van der Waals surface area contributed by atoms with Crippen LogP contribution in [0.25, 0.3) is 0 Å². The molecule has 0 aliphatic rings. The monoisotopic (exact) mass is 409 g/mol. The summed E-state index contributed by atoms with van der Waals surface area (Å²) in [6, 6.07) is 0. The Labute approximate surface area is 163 Å². The zero-order valence-electron chi connectivity index (χ0n) is 15.4. The zero-order chi connectivity index (χ0) is 21.0. The third kappa shape index (κ3) is 4.91. The van der Waals surface area contributed by atoms with Crippen molar-refractivity contribution < 1.29 is 24.0 Å². The van der Waals surface area contributed by atoms with Crippen LogP contribution in [0.5, 0.6) is 0 Å². The SMILES string of the molecule is Cc1c(C(N)=O)sc(NC(=O)CCn2cc([N+](=O)[O-])cn2)c1C(=O)OC(C)C. The zero-order valence-corrected chi connectivity index (χ0v) is 16.2. The van der Waals surface area contributed by atoms with Crippen LogP contribution in [0.15, 0.2) is 12.4 Å². The van der Waals surface area contributed by atoms with E-state index in [1.165, 1.54) is 10.9 Å². The molecule has 0 aliphatic carbocycles. The number of hydrogen-bond acceptors (Lipinski definition) is 8. The summed E-state index contributed by atoms with van der Waals surface area (Å²) in [7, 11) is 0. The molecule has 0 bridgehead atoms. The lowest BCUT2D eigenvalue weighted by atomic mass is 10.1. The highest BCUT2D eigenvalue weighted by atomic mass is 32.1. The Morgan fingerprint density at radius 3 is 2.64 bits per heavy atom. The molecule has 28 heavy (non-hydrogen) atoms. The maximum Gasteiger partial charge on any atom is 0.341 e. The van der Waals surface area contributed by atoms with Gasteiger partial charge in [-0.2, -0.15) is 5.10 Å². The first kappa shape index (κ1) is 21.0. The third-order valence-corrected chi connectivity index (χ3v) is 4.79. The number of hydrogen-bond donors (Lipinski definition) is 2. The van der Waals surface area contributed by atoms with E-state index in [4.69, 9.17) is 10.5 Å². The summed E-state index contributed by atoms with van der Waals surface area (Å²) in [4.78, 5) is 46.4. The summed E-state index contributed by atoms with van der Waals surface area (Å²) < 4.78 is 6.44. The number of carbonyl (C=O) groups excluding carboxylic acids is 3. The molecule has 0 aromatic carbocycles. The average molecular weight is 409 g/mol. The fraction of sp³-hybridized carbons (Fsp3) is 0.375. The van der Waals surface area contributed by atoms with Crippen molar-refractivity contribution in [1.82, 2.24) is 9.78 Å². The van der Waals surface area contributed by atoms with Crippen molar-refractivity contribution in [3.63, 3.8) is 0 Å². The first-order chi connectivity index (χ1) is 13.1. The third-order valence-electron chi connectivity index (χ3n) is 3.57. The number of anilines is 1. The Morgan fingerprint density at radius 1 is 1.43 bits per heavy atom. The van der Waals surface area contributed by atoms with E-state index in [0.29, 0.717) is 5.56 Å². The number of nitrogens with zero attached hydrogens (tertiary/aromatic N) is 3. The molecule has 0 unspecified atom stereocenters. The lowest BCUT2D eigenvalue weighted by Gasteiger charge is -2.10. The molecule has 0 radical (unpaired) electrons. The number of esters is 1. The van der Waals surface area contributed by atoms with Crippen LogP contribution in [0.2, 0.25) is 0 Å². The molecule has 0 fully saturated rings. The summed E-state index contributed by atoms with van der Waals surface area (Å²) in [6.45, 7) is 5.00. The maximum absolute atomic E-state index is 12.4. The van der Waals surface area contributed by atoms with Gasteiger partial charge in [0.15, 0.2) is 0 Å². The van der Waals surface area contributed by atoms with Crippen LogP contribution in [0.3, 0.4) is 0 Å². The molecule has 3 N–H and O–H groups in total. The predicted octanol–water partition coefficient (Wildman–Crippen LogP) is 1.85. The van der Waals surface area contributed by atoms with E-state index in [-0.39, 0.29) is 40.2 Å². The lowest BCUT2D eigenvalue weighted by molar-refractivity contribution is -0.385. The first-order valence-electron chi connectivity index (χ1n) is 8.21. The highest BCUT2D eigenvalue weighted by Crippen LogP contribution is 2.33. The molecule has 2 rings (SSSR count). The van der Waals surface area contributed by atoms with E-state index < -0.39 is 22.7 Å². The van der Waals surface area contributed by atoms with Gasteiger partial charge in [-0.05, 0) is 26.3 Å². The molecule has 0 saturated heterocycles. The molecule has 12 heteroatoms. The smallest absolute Gasteiger partial charge is 0.341 e. The van der Waals surface area contributed by atoms with Crippen LogP contribution in [-0.4, -0.2) is 38.6 Å². The number of amides is 2. The number of nitrogens with one attached hydrogen (secondary N) is 1. The molecule has 11 nitrogen and oxygen atoms in total. The molecule has 2 heterocycles. The van der Waals surface area contributed by atoms with Gasteiger partial charge in [0, 0.05) is 13.0 Å². The highest BCUT2D eigenvalue weighted by Gasteiger charge is 2.26. The number of nitro groups is 1. The number of thiophene rings is 1. The molecule has 0 aliphatic heterocycles. The summed E-state index contributed by atoms with van der Waals surface area (Å²) in [5, 5.41) is 17.2. The van der Waals surface area contributed by atoms with Crippen LogP contribution in [0.1, 0.15) is 45.9 Å². The van der Waals surface area contributed by atoms with Gasteiger partial charge >= 0.3 is 11.7 Å². The number of aromatic nitrogens is 2. The van der Waals surface area contributed by atoms with Gasteiger partial charge in [-0.15, -0.1) is 11.3 Å². The van der Waals surface area contributed by atoms with E-state index in [1.54, 1.807) is 20.8 Å². The van der Waals surface area contributed by atoms with Crippen LogP contribution in [0, 0.1) is 17.0 Å². The lowest BCUT2D eigenvalue weighted by Crippen LogP contribution is -2.18. The Balaban J connectivity index is 2.15. The van der Waals surface area contributed by atoms with Gasteiger partial charge in [0.1, 0.15) is 17.4 Å². The second-order valence-electron chi connectivity index (χ2n) is 6.10. The van der Waals surface area contributed by atoms with E-state index in [9.17, 15) is 24.5 Å². The highest BCUT2D eigenvalue weighted by molar-refractivity contribution is 7.18. The topological polar surface area (TPSA) is 159 Å². The van der Waals surface area contributed by atoms with Gasteiger partial charge in [0.25, 0.3) is 5.91 Å². The number of carbonyl (C=O) groups is 3. The fourth-order valence-electron chi connectivity index (χ4n) is 2.33. The Kier molecular flexibility index (Phi) is 6.46. The van der Waals surface area contributed by atoms with Crippen LogP contribution >= 0.6 is 11.3 Å². The van der Waals surface area contributed by atoms with Gasteiger partial charge < -0.3 is 15.8 Å². The van der Waals surface area contributed by atoms with Crippen LogP contribution in [0.4, 0.5) is 10.7 Å². The Hall–Kier alpha value is -3.28. The van der Waals surface area contributed by atoms with Crippen molar-refractivity contribution in [2.45, 2.75) is 39.8 Å². The van der Waals surface area contributed by atoms with Crippen molar-refractivity contribution in [3.05, 3.63) is 38.5 Å². The largest absolute Gasteiger partial charge is 0.459 e. The molecule has 2 aromatic heterocycles. The molecular formula is C16H19N5O6S. The minimum absolute atomic E-state index is 0.0552. The minimum Gasteiger partial charge on any atom is -0.459 e. The van der Waals surface area contributed by atoms with Gasteiger partial charge in [-0.3, -0.25) is 24.4 Å². The first-order valence-corrected chi connectivity index (χ1v) is 9.02. The fourth-order valence-corrected chi connectivity index (χ4v) is 3.39. The minimum atomic E-state index is -0.717. The van der Waals surface area contributed by atoms with Crippen LogP contribution in [-0.2, 0) is 16.1 Å². The summed E-state index contributed by atoms with van der Waals surface area (Å²) in [5.74, 6) is -1.85. The standard InChI is InChI=1S/C16H19N5O6S/c1-8(2)27-16(24)12-9(3)13(14(17)23)28-15(12)19-11(22)4-5-20-7-10(6-18-20)21(25)26/h6-8H,4-5H2,1-3H3,(H2,17,23)(H,19,22). The number of primary amides is 1. The maximum atomic E-state index is 12.4. The van der Waals surface area contributed by atoms with Crippen molar-refractivity contribution >= 4 is 39.8 Å². The summed E-state index contributed by atoms with van der Waals surface area (Å²) >= 11 is 0.889. The van der Waals surface area contributed by atoms with E-state index in [1.807, 2.05) is 0 Å². The normalized spacial score (nSPS) is 10.7. The van der Waals surface area contributed by atoms with Crippen molar-refractivity contribution in [2.75, 3.05) is 5.32 Å². The van der Waals surface area contributed by atoms with Crippen molar-refractivity contribution in [1.29, 1.82) is 0 Å². The van der Waals surface area contributed by atoms with Gasteiger partial charge in [0.05, 0.1) is 21.5 Å². The van der Waals surface area contributed by atoms with E-state index >= 15 is 0 Å². The molecule has 0 saturated carbocycles. The van der Waals surface area contributed by atoms with Gasteiger partial charge in [-0.25, -0.2) is 4.79 Å². The van der Waals surface area contributed by atoms with Crippen molar-refractivity contribution in [2.24, 2.45) is 5.73 Å². The van der Waals surface area contributed by atoms with E-state index in [0.717, 1.165) is 17.5 Å². The molecule has 0 atom stereocenters. The second kappa shape index (κ2) is 8.61. The number of ether oxygens (including phenoxy) is 1. The Bertz CT molecular complexity index is 932. The summed E-state index contributed by atoms with van der Waals surface area (Å²) in [5.41, 5.74) is 5.56. The average Bonchev–Trinajstić information content (AvgIpc) is 3.17. The summed E-state index contributed by atoms with van der Waals surface area (Å²) in [6.07, 6.45) is 1.85. The predicted molar refractivity (Wildman–Crippen MR) is 100 cm³/mol. The van der Waals surface area contributed by atoms with Gasteiger partial charge in [-0.1, -0.05) is 0 Å². The molecule has 150 valence electrons.